The zero-order chi connectivity index (χ0) is 10.4. The second-order valence-electron chi connectivity index (χ2n) is 4.90. The number of hydrogen-bond acceptors (Lipinski definition) is 2. The van der Waals surface area contributed by atoms with E-state index in [4.69, 9.17) is 0 Å². The topological polar surface area (TPSA) is 23.5 Å². The third kappa shape index (κ3) is 3.97. The van der Waals surface area contributed by atoms with E-state index >= 15 is 0 Å². The molecule has 84 valence electrons. The van der Waals surface area contributed by atoms with Crippen LogP contribution in [0.1, 0.15) is 46.0 Å². The van der Waals surface area contributed by atoms with Gasteiger partial charge in [0, 0.05) is 6.04 Å². The van der Waals surface area contributed by atoms with Crippen LogP contribution in [0, 0.1) is 5.92 Å². The van der Waals surface area contributed by atoms with Gasteiger partial charge in [0.25, 0.3) is 0 Å². The highest BCUT2D eigenvalue weighted by Gasteiger charge is 2.20. The van der Waals surface area contributed by atoms with Crippen LogP contribution in [0.2, 0.25) is 0 Å². The van der Waals surface area contributed by atoms with Crippen LogP contribution in [0.25, 0.3) is 0 Å². The van der Waals surface area contributed by atoms with E-state index in [-0.39, 0.29) is 0 Å². The molecule has 0 bridgehead atoms. The summed E-state index contributed by atoms with van der Waals surface area (Å²) < 4.78 is 0. The van der Waals surface area contributed by atoms with Gasteiger partial charge in [0.15, 0.2) is 0 Å². The first kappa shape index (κ1) is 12.0. The molecule has 1 unspecified atom stereocenters. The lowest BCUT2D eigenvalue weighted by atomic mass is 10.0. The van der Waals surface area contributed by atoms with Crippen LogP contribution in [0.4, 0.5) is 0 Å². The molecule has 1 heterocycles. The second kappa shape index (κ2) is 6.41. The fourth-order valence-electron chi connectivity index (χ4n) is 2.26. The fraction of sp³-hybridized carbons (Fsp3) is 1.00. The van der Waals surface area contributed by atoms with E-state index < -0.39 is 0 Å². The van der Waals surface area contributed by atoms with Crippen molar-refractivity contribution in [3.8, 4) is 0 Å². The number of likely N-dealkylation sites (tertiary alicyclic amines) is 1. The van der Waals surface area contributed by atoms with Crippen LogP contribution in [0.5, 0.6) is 0 Å². The van der Waals surface area contributed by atoms with Gasteiger partial charge >= 0.3 is 0 Å². The van der Waals surface area contributed by atoms with Crippen molar-refractivity contribution >= 4 is 0 Å². The van der Waals surface area contributed by atoms with Crippen molar-refractivity contribution in [3.63, 3.8) is 0 Å². The summed E-state index contributed by atoms with van der Waals surface area (Å²) in [4.78, 5) is 2.48. The van der Waals surface area contributed by atoms with Gasteiger partial charge in [-0.1, -0.05) is 20.3 Å². The maximum absolute atomic E-state index is 9.23. The predicted molar refractivity (Wildman–Crippen MR) is 60.4 cm³/mol. The molecule has 1 saturated heterocycles. The summed E-state index contributed by atoms with van der Waals surface area (Å²) >= 11 is 0. The van der Waals surface area contributed by atoms with Crippen LogP contribution >= 0.6 is 0 Å². The number of aliphatic hydroxyl groups excluding tert-OH is 1. The Bertz CT molecular complexity index is 147. The Labute approximate surface area is 88.3 Å². The monoisotopic (exact) mass is 199 g/mol. The number of nitrogens with zero attached hydrogens (tertiary/aromatic N) is 1. The first-order valence-electron chi connectivity index (χ1n) is 6.09. The van der Waals surface area contributed by atoms with Crippen molar-refractivity contribution < 1.29 is 5.11 Å². The Morgan fingerprint density at radius 3 is 2.79 bits per heavy atom. The Morgan fingerprint density at radius 2 is 2.14 bits per heavy atom. The molecule has 0 spiro atoms. The van der Waals surface area contributed by atoms with Gasteiger partial charge in [-0.3, -0.25) is 4.90 Å². The maximum Gasteiger partial charge on any atom is 0.0586 e. The minimum Gasteiger partial charge on any atom is -0.395 e. The zero-order valence-electron chi connectivity index (χ0n) is 9.71. The van der Waals surface area contributed by atoms with E-state index in [1.165, 1.54) is 45.2 Å². The van der Waals surface area contributed by atoms with E-state index in [1.54, 1.807) is 0 Å². The van der Waals surface area contributed by atoms with Gasteiger partial charge in [-0.15, -0.1) is 0 Å². The van der Waals surface area contributed by atoms with E-state index in [1.807, 2.05) is 0 Å². The molecule has 0 radical (unpaired) electrons. The number of aliphatic hydroxyl groups is 1. The van der Waals surface area contributed by atoms with E-state index in [2.05, 4.69) is 18.7 Å². The highest BCUT2D eigenvalue weighted by Crippen LogP contribution is 2.17. The highest BCUT2D eigenvalue weighted by atomic mass is 16.3. The predicted octanol–water partition coefficient (Wildman–Crippen LogP) is 2.27. The molecule has 1 aliphatic heterocycles. The quantitative estimate of drug-likeness (QED) is 0.734. The summed E-state index contributed by atoms with van der Waals surface area (Å²) in [6.45, 7) is 7.29. The van der Waals surface area contributed by atoms with Crippen LogP contribution in [-0.2, 0) is 0 Å². The molecule has 1 atom stereocenters. The van der Waals surface area contributed by atoms with Crippen molar-refractivity contribution in [1.82, 2.24) is 4.90 Å². The summed E-state index contributed by atoms with van der Waals surface area (Å²) in [6, 6.07) is 0.455. The third-order valence-electron chi connectivity index (χ3n) is 3.19. The zero-order valence-corrected chi connectivity index (χ0v) is 9.71. The lowest BCUT2D eigenvalue weighted by Gasteiger charge is -2.34. The molecule has 0 aromatic heterocycles. The summed E-state index contributed by atoms with van der Waals surface area (Å²) in [5, 5.41) is 9.23. The SMILES string of the molecule is CC(C)CCCN1CCCCC1CO. The molecular formula is C12H25NO. The molecule has 2 heteroatoms. The summed E-state index contributed by atoms with van der Waals surface area (Å²) in [5.41, 5.74) is 0. The molecule has 0 aromatic rings. The summed E-state index contributed by atoms with van der Waals surface area (Å²) in [6.07, 6.45) is 6.41. The lowest BCUT2D eigenvalue weighted by Crippen LogP contribution is -2.42. The second-order valence-corrected chi connectivity index (χ2v) is 4.90. The minimum absolute atomic E-state index is 0.349. The van der Waals surface area contributed by atoms with Gasteiger partial charge in [0.05, 0.1) is 6.61 Å². The largest absolute Gasteiger partial charge is 0.395 e. The Morgan fingerprint density at radius 1 is 1.36 bits per heavy atom. The maximum atomic E-state index is 9.23. The smallest absolute Gasteiger partial charge is 0.0586 e. The Kier molecular flexibility index (Phi) is 5.49. The Balaban J connectivity index is 2.19. The van der Waals surface area contributed by atoms with Crippen molar-refractivity contribution in [3.05, 3.63) is 0 Å². The molecule has 2 nitrogen and oxygen atoms in total. The van der Waals surface area contributed by atoms with Crippen LogP contribution in [0.3, 0.4) is 0 Å². The molecule has 0 aromatic carbocycles. The average molecular weight is 199 g/mol. The molecule has 1 N–H and O–H groups in total. The van der Waals surface area contributed by atoms with Crippen molar-refractivity contribution in [2.45, 2.75) is 52.0 Å². The molecule has 0 amide bonds. The fourth-order valence-corrected chi connectivity index (χ4v) is 2.26. The molecular weight excluding hydrogens is 174 g/mol. The number of rotatable bonds is 5. The Hall–Kier alpha value is -0.0800. The molecule has 0 aliphatic carbocycles. The molecule has 1 aliphatic rings. The first-order valence-corrected chi connectivity index (χ1v) is 6.09. The van der Waals surface area contributed by atoms with Crippen LogP contribution in [0.15, 0.2) is 0 Å². The molecule has 14 heavy (non-hydrogen) atoms. The highest BCUT2D eigenvalue weighted by molar-refractivity contribution is 4.75. The van der Waals surface area contributed by atoms with Gasteiger partial charge < -0.3 is 5.11 Å². The van der Waals surface area contributed by atoms with Crippen LogP contribution in [-0.4, -0.2) is 35.7 Å². The third-order valence-corrected chi connectivity index (χ3v) is 3.19. The standard InChI is InChI=1S/C12H25NO/c1-11(2)6-5-9-13-8-4-3-7-12(13)10-14/h11-12,14H,3-10H2,1-2H3. The van der Waals surface area contributed by atoms with E-state index in [9.17, 15) is 5.11 Å². The lowest BCUT2D eigenvalue weighted by molar-refractivity contribution is 0.0879. The van der Waals surface area contributed by atoms with Crippen LogP contribution < -0.4 is 0 Å². The van der Waals surface area contributed by atoms with E-state index in [0.29, 0.717) is 12.6 Å². The van der Waals surface area contributed by atoms with Gasteiger partial charge in [-0.25, -0.2) is 0 Å². The van der Waals surface area contributed by atoms with Crippen molar-refractivity contribution in [2.75, 3.05) is 19.7 Å². The van der Waals surface area contributed by atoms with Gasteiger partial charge in [-0.05, 0) is 44.7 Å². The van der Waals surface area contributed by atoms with Gasteiger partial charge in [0.1, 0.15) is 0 Å². The van der Waals surface area contributed by atoms with Gasteiger partial charge in [-0.2, -0.15) is 0 Å². The average Bonchev–Trinajstić information content (AvgIpc) is 2.18. The number of piperidine rings is 1. The normalized spacial score (nSPS) is 24.4. The van der Waals surface area contributed by atoms with Crippen molar-refractivity contribution in [2.24, 2.45) is 5.92 Å². The molecule has 1 fully saturated rings. The van der Waals surface area contributed by atoms with Crippen molar-refractivity contribution in [1.29, 1.82) is 0 Å². The number of hydrogen-bond donors (Lipinski definition) is 1. The van der Waals surface area contributed by atoms with Gasteiger partial charge in [0.2, 0.25) is 0 Å². The minimum atomic E-state index is 0.349. The first-order chi connectivity index (χ1) is 6.74. The molecule has 1 rings (SSSR count). The van der Waals surface area contributed by atoms with E-state index in [0.717, 1.165) is 5.92 Å². The summed E-state index contributed by atoms with van der Waals surface area (Å²) in [5.74, 6) is 0.812. The molecule has 0 saturated carbocycles. The summed E-state index contributed by atoms with van der Waals surface area (Å²) in [7, 11) is 0.